The van der Waals surface area contributed by atoms with E-state index in [1.807, 2.05) is 13.0 Å². The quantitative estimate of drug-likeness (QED) is 0.495. The molecule has 12 heavy (non-hydrogen) atoms. The molecule has 2 atom stereocenters. The lowest BCUT2D eigenvalue weighted by Crippen LogP contribution is -2.20. The molecule has 0 amide bonds. The third-order valence-electron chi connectivity index (χ3n) is 2.02. The number of nitrogens with two attached hydrogens (primary N) is 1. The summed E-state index contributed by atoms with van der Waals surface area (Å²) < 4.78 is 4.62. The lowest BCUT2D eigenvalue weighted by Gasteiger charge is -2.08. The fourth-order valence-electron chi connectivity index (χ4n) is 1.40. The molecule has 1 aliphatic rings. The highest BCUT2D eigenvalue weighted by Crippen LogP contribution is 2.25. The van der Waals surface area contributed by atoms with Gasteiger partial charge in [0.05, 0.1) is 13.0 Å². The van der Waals surface area contributed by atoms with Crippen molar-refractivity contribution >= 4 is 18.4 Å². The van der Waals surface area contributed by atoms with Crippen LogP contribution in [-0.4, -0.2) is 19.1 Å². The van der Waals surface area contributed by atoms with Gasteiger partial charge < -0.3 is 10.5 Å². The summed E-state index contributed by atoms with van der Waals surface area (Å²) in [6.07, 6.45) is 2.61. The zero-order valence-corrected chi connectivity index (χ0v) is 8.06. The highest BCUT2D eigenvalue weighted by Gasteiger charge is 2.28. The summed E-state index contributed by atoms with van der Waals surface area (Å²) in [6, 6.07) is 0.0269. The van der Waals surface area contributed by atoms with Gasteiger partial charge in [-0.25, -0.2) is 0 Å². The fraction of sp³-hybridized carbons (Fsp3) is 0.625. The predicted octanol–water partition coefficient (Wildman–Crippen LogP) is 0.875. The van der Waals surface area contributed by atoms with Gasteiger partial charge in [0.2, 0.25) is 0 Å². The van der Waals surface area contributed by atoms with Crippen molar-refractivity contribution in [2.24, 2.45) is 11.7 Å². The van der Waals surface area contributed by atoms with Crippen LogP contribution >= 0.6 is 12.4 Å². The number of ether oxygens (including phenoxy) is 1. The van der Waals surface area contributed by atoms with Crippen LogP contribution in [0.3, 0.4) is 0 Å². The van der Waals surface area contributed by atoms with Crippen LogP contribution in [0.1, 0.15) is 13.3 Å². The molecule has 0 spiro atoms. The summed E-state index contributed by atoms with van der Waals surface area (Å²) in [5.74, 6) is -0.276. The second-order valence-electron chi connectivity index (χ2n) is 2.89. The molecule has 4 heteroatoms. The Morgan fingerprint density at radius 1 is 1.75 bits per heavy atom. The maximum Gasteiger partial charge on any atom is 0.312 e. The molecule has 3 nitrogen and oxygen atoms in total. The normalized spacial score (nSPS) is 27.4. The third kappa shape index (κ3) is 2.22. The molecular weight excluding hydrogens is 178 g/mol. The second-order valence-corrected chi connectivity index (χ2v) is 2.89. The molecule has 0 bridgehead atoms. The van der Waals surface area contributed by atoms with Crippen molar-refractivity contribution < 1.29 is 9.53 Å². The van der Waals surface area contributed by atoms with Crippen molar-refractivity contribution in [1.82, 2.24) is 0 Å². The molecule has 1 rings (SSSR count). The first-order valence-electron chi connectivity index (χ1n) is 3.67. The van der Waals surface area contributed by atoms with Gasteiger partial charge in [0, 0.05) is 6.04 Å². The minimum Gasteiger partial charge on any atom is -0.469 e. The average Bonchev–Trinajstić information content (AvgIpc) is 2.28. The van der Waals surface area contributed by atoms with Crippen molar-refractivity contribution in [2.75, 3.05) is 7.11 Å². The SMILES string of the molecule is COC(=O)[C@@H]1C[C@@H](N)C=C1C.Cl. The largest absolute Gasteiger partial charge is 0.469 e. The van der Waals surface area contributed by atoms with Gasteiger partial charge in [0.1, 0.15) is 0 Å². The highest BCUT2D eigenvalue weighted by molar-refractivity contribution is 5.85. The van der Waals surface area contributed by atoms with Gasteiger partial charge in [0.25, 0.3) is 0 Å². The van der Waals surface area contributed by atoms with Crippen LogP contribution < -0.4 is 5.73 Å². The number of hydrogen-bond donors (Lipinski definition) is 1. The van der Waals surface area contributed by atoms with E-state index >= 15 is 0 Å². The molecule has 0 aromatic carbocycles. The summed E-state index contributed by atoms with van der Waals surface area (Å²) in [4.78, 5) is 11.1. The van der Waals surface area contributed by atoms with Gasteiger partial charge in [-0.3, -0.25) is 4.79 Å². The van der Waals surface area contributed by atoms with Gasteiger partial charge in [-0.1, -0.05) is 11.6 Å². The Balaban J connectivity index is 0.00000121. The molecule has 1 aliphatic carbocycles. The van der Waals surface area contributed by atoms with Gasteiger partial charge in [0.15, 0.2) is 0 Å². The van der Waals surface area contributed by atoms with Gasteiger partial charge >= 0.3 is 5.97 Å². The molecule has 0 radical (unpaired) electrons. The van der Waals surface area contributed by atoms with Crippen LogP contribution in [0.4, 0.5) is 0 Å². The number of carbonyl (C=O) groups excluding carboxylic acids is 1. The first kappa shape index (κ1) is 11.5. The molecule has 0 aromatic rings. The first-order chi connectivity index (χ1) is 5.15. The standard InChI is InChI=1S/C8H13NO2.ClH/c1-5-3-6(9)4-7(5)8(10)11-2;/h3,6-7H,4,9H2,1-2H3;1H/t6-,7+;/m0./s1. The Hall–Kier alpha value is -0.540. The maximum absolute atomic E-state index is 11.1. The molecule has 0 aromatic heterocycles. The summed E-state index contributed by atoms with van der Waals surface area (Å²) in [5.41, 5.74) is 6.66. The lowest BCUT2D eigenvalue weighted by atomic mass is 10.0. The van der Waals surface area contributed by atoms with E-state index in [1.54, 1.807) is 0 Å². The Bertz CT molecular complexity index is 203. The topological polar surface area (TPSA) is 52.3 Å². The van der Waals surface area contributed by atoms with Crippen LogP contribution in [0.15, 0.2) is 11.6 Å². The molecule has 0 aliphatic heterocycles. The highest BCUT2D eigenvalue weighted by atomic mass is 35.5. The van der Waals surface area contributed by atoms with Crippen LogP contribution in [0.5, 0.6) is 0 Å². The van der Waals surface area contributed by atoms with Crippen LogP contribution in [-0.2, 0) is 9.53 Å². The Labute approximate surface area is 78.4 Å². The Morgan fingerprint density at radius 2 is 2.33 bits per heavy atom. The maximum atomic E-state index is 11.1. The smallest absolute Gasteiger partial charge is 0.312 e. The summed E-state index contributed by atoms with van der Waals surface area (Å²) in [7, 11) is 1.40. The van der Waals surface area contributed by atoms with E-state index in [2.05, 4.69) is 4.74 Å². The third-order valence-corrected chi connectivity index (χ3v) is 2.02. The Kier molecular flexibility index (Phi) is 4.28. The zero-order valence-electron chi connectivity index (χ0n) is 7.24. The molecule has 0 unspecified atom stereocenters. The fourth-order valence-corrected chi connectivity index (χ4v) is 1.40. The number of hydrogen-bond acceptors (Lipinski definition) is 3. The zero-order chi connectivity index (χ0) is 8.43. The molecule has 0 fully saturated rings. The van der Waals surface area contributed by atoms with E-state index in [-0.39, 0.29) is 30.3 Å². The predicted molar refractivity (Wildman–Crippen MR) is 49.1 cm³/mol. The molecule has 0 saturated carbocycles. The van der Waals surface area contributed by atoms with Crippen LogP contribution in [0.2, 0.25) is 0 Å². The van der Waals surface area contributed by atoms with Crippen molar-refractivity contribution in [3.05, 3.63) is 11.6 Å². The molecule has 0 saturated heterocycles. The van der Waals surface area contributed by atoms with Gasteiger partial charge in [-0.05, 0) is 13.3 Å². The number of rotatable bonds is 1. The van der Waals surface area contributed by atoms with E-state index in [4.69, 9.17) is 5.73 Å². The monoisotopic (exact) mass is 191 g/mol. The van der Waals surface area contributed by atoms with Crippen molar-refractivity contribution in [3.63, 3.8) is 0 Å². The van der Waals surface area contributed by atoms with Crippen molar-refractivity contribution in [1.29, 1.82) is 0 Å². The van der Waals surface area contributed by atoms with Crippen LogP contribution in [0.25, 0.3) is 0 Å². The number of carbonyl (C=O) groups is 1. The van der Waals surface area contributed by atoms with Crippen molar-refractivity contribution in [3.8, 4) is 0 Å². The van der Waals surface area contributed by atoms with Crippen LogP contribution in [0, 0.1) is 5.92 Å². The number of halogens is 1. The van der Waals surface area contributed by atoms with E-state index < -0.39 is 0 Å². The van der Waals surface area contributed by atoms with Gasteiger partial charge in [-0.15, -0.1) is 12.4 Å². The molecule has 0 heterocycles. The lowest BCUT2D eigenvalue weighted by molar-refractivity contribution is -0.144. The molecule has 70 valence electrons. The van der Waals surface area contributed by atoms with E-state index in [0.717, 1.165) is 5.57 Å². The number of esters is 1. The van der Waals surface area contributed by atoms with Crippen molar-refractivity contribution in [2.45, 2.75) is 19.4 Å². The van der Waals surface area contributed by atoms with E-state index in [0.29, 0.717) is 6.42 Å². The van der Waals surface area contributed by atoms with Gasteiger partial charge in [-0.2, -0.15) is 0 Å². The van der Waals surface area contributed by atoms with E-state index in [1.165, 1.54) is 7.11 Å². The Morgan fingerprint density at radius 3 is 2.67 bits per heavy atom. The molecule has 2 N–H and O–H groups in total. The summed E-state index contributed by atoms with van der Waals surface area (Å²) in [5, 5.41) is 0. The number of methoxy groups -OCH3 is 1. The molecular formula is C8H14ClNO2. The second kappa shape index (κ2) is 4.48. The summed E-state index contributed by atoms with van der Waals surface area (Å²) in [6.45, 7) is 1.91. The minimum absolute atomic E-state index is 0. The minimum atomic E-state index is -0.174. The summed E-state index contributed by atoms with van der Waals surface area (Å²) >= 11 is 0. The first-order valence-corrected chi connectivity index (χ1v) is 3.67. The average molecular weight is 192 g/mol. The van der Waals surface area contributed by atoms with E-state index in [9.17, 15) is 4.79 Å².